The van der Waals surface area contributed by atoms with E-state index in [1.165, 1.54) is 12.1 Å². The number of rotatable bonds is 4. The van der Waals surface area contributed by atoms with Crippen LogP contribution in [0.1, 0.15) is 50.0 Å². The molecular formula is C17H22FN3OS. The number of amides is 2. The van der Waals surface area contributed by atoms with E-state index in [9.17, 15) is 9.18 Å². The molecule has 23 heavy (non-hydrogen) atoms. The molecular weight excluding hydrogens is 313 g/mol. The molecule has 0 bridgehead atoms. The molecule has 0 aliphatic rings. The van der Waals surface area contributed by atoms with Gasteiger partial charge in [0.25, 0.3) is 0 Å². The van der Waals surface area contributed by atoms with Gasteiger partial charge in [0.2, 0.25) is 0 Å². The quantitative estimate of drug-likeness (QED) is 0.882. The molecule has 0 saturated carbocycles. The van der Waals surface area contributed by atoms with Crippen molar-refractivity contribution < 1.29 is 9.18 Å². The van der Waals surface area contributed by atoms with Crippen molar-refractivity contribution in [3.63, 3.8) is 0 Å². The number of aromatic nitrogens is 1. The number of hydrogen-bond donors (Lipinski definition) is 2. The van der Waals surface area contributed by atoms with Crippen molar-refractivity contribution in [2.75, 3.05) is 0 Å². The first-order chi connectivity index (χ1) is 10.8. The summed E-state index contributed by atoms with van der Waals surface area (Å²) in [6.07, 6.45) is 0. The summed E-state index contributed by atoms with van der Waals surface area (Å²) in [5, 5.41) is 8.54. The normalized spacial score (nSPS) is 12.7. The van der Waals surface area contributed by atoms with Crippen LogP contribution < -0.4 is 10.6 Å². The van der Waals surface area contributed by atoms with Gasteiger partial charge in [0.1, 0.15) is 10.8 Å². The maximum atomic E-state index is 12.8. The molecule has 1 aromatic heterocycles. The minimum absolute atomic E-state index is 0.000682. The molecule has 124 valence electrons. The topological polar surface area (TPSA) is 54.0 Å². The van der Waals surface area contributed by atoms with Crippen LogP contribution in [0.15, 0.2) is 29.6 Å². The lowest BCUT2D eigenvalue weighted by Gasteiger charge is -2.15. The van der Waals surface area contributed by atoms with E-state index in [0.29, 0.717) is 6.54 Å². The van der Waals surface area contributed by atoms with E-state index >= 15 is 0 Å². The van der Waals surface area contributed by atoms with Crippen molar-refractivity contribution in [2.24, 2.45) is 0 Å². The summed E-state index contributed by atoms with van der Waals surface area (Å²) in [6.45, 7) is 8.59. The zero-order valence-corrected chi connectivity index (χ0v) is 14.6. The Morgan fingerprint density at radius 3 is 2.52 bits per heavy atom. The molecule has 2 aromatic rings. The van der Waals surface area contributed by atoms with Crippen LogP contribution in [-0.2, 0) is 12.0 Å². The summed E-state index contributed by atoms with van der Waals surface area (Å²) in [4.78, 5) is 16.5. The molecule has 0 saturated heterocycles. The van der Waals surface area contributed by atoms with Gasteiger partial charge < -0.3 is 10.6 Å². The molecule has 2 rings (SSSR count). The first kappa shape index (κ1) is 17.4. The van der Waals surface area contributed by atoms with Gasteiger partial charge in [0.05, 0.1) is 11.7 Å². The van der Waals surface area contributed by atoms with Crippen LogP contribution in [0.5, 0.6) is 0 Å². The van der Waals surface area contributed by atoms with Crippen molar-refractivity contribution in [1.82, 2.24) is 15.6 Å². The SMILES string of the molecule is CC(NC(=O)NCc1ccc(F)cc1)c1nc(C(C)(C)C)cs1. The van der Waals surface area contributed by atoms with E-state index in [2.05, 4.69) is 36.4 Å². The van der Waals surface area contributed by atoms with Gasteiger partial charge in [-0.25, -0.2) is 14.2 Å². The molecule has 4 nitrogen and oxygen atoms in total. The second kappa shape index (κ2) is 7.08. The Kier molecular flexibility index (Phi) is 5.36. The maximum Gasteiger partial charge on any atom is 0.315 e. The highest BCUT2D eigenvalue weighted by Gasteiger charge is 2.20. The second-order valence-electron chi connectivity index (χ2n) is 6.50. The fourth-order valence-corrected chi connectivity index (χ4v) is 2.98. The summed E-state index contributed by atoms with van der Waals surface area (Å²) in [7, 11) is 0. The predicted octanol–water partition coefficient (Wildman–Crippen LogP) is 4.14. The Labute approximate surface area is 140 Å². The smallest absolute Gasteiger partial charge is 0.315 e. The third-order valence-corrected chi connectivity index (χ3v) is 4.40. The number of nitrogens with one attached hydrogen (secondary N) is 2. The van der Waals surface area contributed by atoms with Crippen molar-refractivity contribution in [1.29, 1.82) is 0 Å². The fourth-order valence-electron chi connectivity index (χ4n) is 1.92. The van der Waals surface area contributed by atoms with Crippen LogP contribution >= 0.6 is 11.3 Å². The van der Waals surface area contributed by atoms with Gasteiger partial charge in [-0.05, 0) is 24.6 Å². The number of hydrogen-bond acceptors (Lipinski definition) is 3. The summed E-state index contributed by atoms with van der Waals surface area (Å²) < 4.78 is 12.8. The minimum atomic E-state index is -0.287. The third-order valence-electron chi connectivity index (χ3n) is 3.37. The number of urea groups is 1. The summed E-state index contributed by atoms with van der Waals surface area (Å²) in [5.41, 5.74) is 1.87. The van der Waals surface area contributed by atoms with Crippen molar-refractivity contribution >= 4 is 17.4 Å². The number of carbonyl (C=O) groups is 1. The maximum absolute atomic E-state index is 12.8. The highest BCUT2D eigenvalue weighted by molar-refractivity contribution is 7.09. The van der Waals surface area contributed by atoms with Crippen LogP contribution in [0.2, 0.25) is 0 Å². The third kappa shape index (κ3) is 5.03. The van der Waals surface area contributed by atoms with Crippen LogP contribution in [0.4, 0.5) is 9.18 Å². The molecule has 0 radical (unpaired) electrons. The first-order valence-electron chi connectivity index (χ1n) is 7.50. The summed E-state index contributed by atoms with van der Waals surface area (Å²) >= 11 is 1.55. The van der Waals surface area contributed by atoms with E-state index in [1.54, 1.807) is 23.5 Å². The average Bonchev–Trinajstić information content (AvgIpc) is 2.96. The number of thiazole rings is 1. The van der Waals surface area contributed by atoms with Gasteiger partial charge in [0, 0.05) is 17.3 Å². The Morgan fingerprint density at radius 2 is 1.96 bits per heavy atom. The molecule has 2 amide bonds. The highest BCUT2D eigenvalue weighted by atomic mass is 32.1. The van der Waals surface area contributed by atoms with Crippen LogP contribution in [0, 0.1) is 5.82 Å². The summed E-state index contributed by atoms with van der Waals surface area (Å²) in [6, 6.07) is 5.62. The predicted molar refractivity (Wildman–Crippen MR) is 91.0 cm³/mol. The zero-order valence-electron chi connectivity index (χ0n) is 13.8. The molecule has 2 N–H and O–H groups in total. The van der Waals surface area contributed by atoms with Gasteiger partial charge in [-0.3, -0.25) is 0 Å². The molecule has 0 aliphatic heterocycles. The van der Waals surface area contributed by atoms with Gasteiger partial charge in [-0.2, -0.15) is 0 Å². The molecule has 1 atom stereocenters. The van der Waals surface area contributed by atoms with Gasteiger partial charge in [-0.1, -0.05) is 32.9 Å². The lowest BCUT2D eigenvalue weighted by atomic mass is 9.93. The second-order valence-corrected chi connectivity index (χ2v) is 7.39. The van der Waals surface area contributed by atoms with E-state index in [4.69, 9.17) is 0 Å². The fraction of sp³-hybridized carbons (Fsp3) is 0.412. The standard InChI is InChI=1S/C17H22FN3OS/c1-11(15-21-14(10-23-15)17(2,3)4)20-16(22)19-9-12-5-7-13(18)8-6-12/h5-8,10-11H,9H2,1-4H3,(H2,19,20,22). The Balaban J connectivity index is 1.87. The van der Waals surface area contributed by atoms with E-state index in [0.717, 1.165) is 16.3 Å². The zero-order chi connectivity index (χ0) is 17.0. The number of nitrogens with zero attached hydrogens (tertiary/aromatic N) is 1. The largest absolute Gasteiger partial charge is 0.334 e. The molecule has 0 aliphatic carbocycles. The molecule has 1 unspecified atom stereocenters. The van der Waals surface area contributed by atoms with E-state index in [1.807, 2.05) is 12.3 Å². The summed E-state index contributed by atoms with van der Waals surface area (Å²) in [5.74, 6) is -0.287. The van der Waals surface area contributed by atoms with Gasteiger partial charge in [-0.15, -0.1) is 11.3 Å². The molecule has 0 fully saturated rings. The van der Waals surface area contributed by atoms with Crippen LogP contribution in [-0.4, -0.2) is 11.0 Å². The first-order valence-corrected chi connectivity index (χ1v) is 8.38. The van der Waals surface area contributed by atoms with Crippen LogP contribution in [0.25, 0.3) is 0 Å². The molecule has 6 heteroatoms. The number of carbonyl (C=O) groups excluding carboxylic acids is 1. The van der Waals surface area contributed by atoms with E-state index in [-0.39, 0.29) is 23.3 Å². The van der Waals surface area contributed by atoms with E-state index < -0.39 is 0 Å². The van der Waals surface area contributed by atoms with Gasteiger partial charge in [0.15, 0.2) is 0 Å². The molecule has 1 aromatic carbocycles. The van der Waals surface area contributed by atoms with Crippen molar-refractivity contribution in [3.05, 3.63) is 51.7 Å². The van der Waals surface area contributed by atoms with Crippen molar-refractivity contribution in [2.45, 2.75) is 45.7 Å². The molecule has 1 heterocycles. The highest BCUT2D eigenvalue weighted by Crippen LogP contribution is 2.26. The van der Waals surface area contributed by atoms with Gasteiger partial charge >= 0.3 is 6.03 Å². The Hall–Kier alpha value is -1.95. The van der Waals surface area contributed by atoms with Crippen LogP contribution in [0.3, 0.4) is 0 Å². The average molecular weight is 335 g/mol. The lowest BCUT2D eigenvalue weighted by Crippen LogP contribution is -2.36. The number of halogens is 1. The Morgan fingerprint density at radius 1 is 1.30 bits per heavy atom. The lowest BCUT2D eigenvalue weighted by molar-refractivity contribution is 0.237. The van der Waals surface area contributed by atoms with Crippen molar-refractivity contribution in [3.8, 4) is 0 Å². The minimum Gasteiger partial charge on any atom is -0.334 e. The number of benzene rings is 1. The molecule has 0 spiro atoms. The monoisotopic (exact) mass is 335 g/mol. The Bertz CT molecular complexity index is 661.